The molecule has 1 aromatic heterocycles. The van der Waals surface area contributed by atoms with Gasteiger partial charge in [-0.25, -0.2) is 8.42 Å². The van der Waals surface area contributed by atoms with Gasteiger partial charge in [0.05, 0.1) is 6.20 Å². The third-order valence-electron chi connectivity index (χ3n) is 3.12. The molecule has 0 bridgehead atoms. The third kappa shape index (κ3) is 4.05. The maximum atomic E-state index is 12.1. The number of nitrogens with one attached hydrogen (secondary N) is 3. The van der Waals surface area contributed by atoms with E-state index in [1.54, 1.807) is 6.07 Å². The van der Waals surface area contributed by atoms with E-state index in [-0.39, 0.29) is 10.9 Å². The lowest BCUT2D eigenvalue weighted by Gasteiger charge is -2.15. The van der Waals surface area contributed by atoms with Crippen LogP contribution in [0.25, 0.3) is 0 Å². The molecule has 2 rings (SSSR count). The number of aromatic amines is 1. The van der Waals surface area contributed by atoms with Crippen molar-refractivity contribution in [2.45, 2.75) is 31.2 Å². The van der Waals surface area contributed by atoms with Gasteiger partial charge in [-0.1, -0.05) is 19.1 Å². The monoisotopic (exact) mass is 308 g/mol. The zero-order valence-corrected chi connectivity index (χ0v) is 12.9. The molecule has 0 fully saturated rings. The van der Waals surface area contributed by atoms with Crippen LogP contribution < -0.4 is 10.0 Å². The normalized spacial score (nSPS) is 13.0. The van der Waals surface area contributed by atoms with E-state index in [0.717, 1.165) is 18.5 Å². The second kappa shape index (κ2) is 6.73. The van der Waals surface area contributed by atoms with Gasteiger partial charge in [-0.05, 0) is 37.6 Å². The van der Waals surface area contributed by atoms with Crippen molar-refractivity contribution in [2.24, 2.45) is 0 Å². The molecule has 1 atom stereocenters. The number of benzene rings is 1. The number of hydrogen-bond donors (Lipinski definition) is 3. The molecule has 3 N–H and O–H groups in total. The van der Waals surface area contributed by atoms with E-state index in [2.05, 4.69) is 34.1 Å². The number of nitrogens with zero attached hydrogens (tertiary/aromatic N) is 1. The first-order valence-corrected chi connectivity index (χ1v) is 8.36. The van der Waals surface area contributed by atoms with E-state index >= 15 is 0 Å². The fourth-order valence-electron chi connectivity index (χ4n) is 1.95. The minimum atomic E-state index is -3.59. The van der Waals surface area contributed by atoms with Crippen LogP contribution in [-0.2, 0) is 10.0 Å². The van der Waals surface area contributed by atoms with Crippen molar-refractivity contribution in [2.75, 3.05) is 11.3 Å². The summed E-state index contributed by atoms with van der Waals surface area (Å²) >= 11 is 0. The molecule has 21 heavy (non-hydrogen) atoms. The molecule has 7 heteroatoms. The minimum Gasteiger partial charge on any atom is -0.310 e. The molecule has 6 nitrogen and oxygen atoms in total. The Morgan fingerprint density at radius 1 is 1.38 bits per heavy atom. The van der Waals surface area contributed by atoms with Crippen molar-refractivity contribution >= 4 is 15.7 Å². The van der Waals surface area contributed by atoms with Gasteiger partial charge in [-0.15, -0.1) is 0 Å². The van der Waals surface area contributed by atoms with Crippen LogP contribution in [-0.4, -0.2) is 25.2 Å². The Morgan fingerprint density at radius 3 is 2.86 bits per heavy atom. The molecule has 0 radical (unpaired) electrons. The minimum absolute atomic E-state index is 0.116. The van der Waals surface area contributed by atoms with Crippen LogP contribution in [0, 0.1) is 0 Å². The Bertz CT molecular complexity index is 668. The maximum Gasteiger partial charge on any atom is 0.265 e. The molecule has 114 valence electrons. The van der Waals surface area contributed by atoms with Gasteiger partial charge in [0.15, 0.2) is 0 Å². The molecule has 2 aromatic rings. The summed E-state index contributed by atoms with van der Waals surface area (Å²) in [7, 11) is -3.59. The Balaban J connectivity index is 2.15. The number of H-pyrrole nitrogens is 1. The first-order chi connectivity index (χ1) is 10.0. The molecule has 0 saturated heterocycles. The van der Waals surface area contributed by atoms with Gasteiger partial charge in [0.1, 0.15) is 4.90 Å². The van der Waals surface area contributed by atoms with Gasteiger partial charge in [-0.3, -0.25) is 9.82 Å². The van der Waals surface area contributed by atoms with Gasteiger partial charge >= 0.3 is 0 Å². The number of anilines is 1. The Hall–Kier alpha value is -1.86. The summed E-state index contributed by atoms with van der Waals surface area (Å²) in [5.41, 5.74) is 1.58. The maximum absolute atomic E-state index is 12.1. The molecular weight excluding hydrogens is 288 g/mol. The second-order valence-corrected chi connectivity index (χ2v) is 6.52. The summed E-state index contributed by atoms with van der Waals surface area (Å²) in [5.74, 6) is 0. The first kappa shape index (κ1) is 15.5. The lowest BCUT2D eigenvalue weighted by Crippen LogP contribution is -2.19. The van der Waals surface area contributed by atoms with Crippen LogP contribution in [0.4, 0.5) is 5.69 Å². The van der Waals surface area contributed by atoms with Gasteiger partial charge in [0.2, 0.25) is 0 Å². The molecular formula is C14H20N4O2S. The first-order valence-electron chi connectivity index (χ1n) is 6.88. The molecule has 0 aliphatic heterocycles. The summed E-state index contributed by atoms with van der Waals surface area (Å²) in [6.45, 7) is 5.08. The number of hydrogen-bond acceptors (Lipinski definition) is 4. The average Bonchev–Trinajstić information content (AvgIpc) is 2.99. The number of aromatic nitrogens is 2. The van der Waals surface area contributed by atoms with Crippen molar-refractivity contribution in [3.8, 4) is 0 Å². The number of sulfonamides is 1. The topological polar surface area (TPSA) is 86.9 Å². The largest absolute Gasteiger partial charge is 0.310 e. The molecule has 0 spiro atoms. The molecule has 0 saturated carbocycles. The highest BCUT2D eigenvalue weighted by Crippen LogP contribution is 2.20. The fourth-order valence-corrected chi connectivity index (χ4v) is 2.90. The van der Waals surface area contributed by atoms with Gasteiger partial charge in [0, 0.05) is 17.9 Å². The van der Waals surface area contributed by atoms with E-state index in [9.17, 15) is 8.42 Å². The smallest absolute Gasteiger partial charge is 0.265 e. The lowest BCUT2D eigenvalue weighted by molar-refractivity contribution is 0.571. The van der Waals surface area contributed by atoms with Crippen LogP contribution in [0.2, 0.25) is 0 Å². The van der Waals surface area contributed by atoms with Crippen LogP contribution in [0.1, 0.15) is 31.9 Å². The molecule has 0 aliphatic carbocycles. The van der Waals surface area contributed by atoms with Gasteiger partial charge in [0.25, 0.3) is 10.0 Å². The van der Waals surface area contributed by atoms with E-state index in [1.165, 1.54) is 12.4 Å². The SMILES string of the molecule is CCCNC(C)c1cccc(NS(=O)(=O)c2cn[nH]c2)c1. The summed E-state index contributed by atoms with van der Waals surface area (Å²) in [4.78, 5) is 0.116. The quantitative estimate of drug-likeness (QED) is 0.732. The van der Waals surface area contributed by atoms with Crippen molar-refractivity contribution in [1.29, 1.82) is 0 Å². The summed E-state index contributed by atoms with van der Waals surface area (Å²) < 4.78 is 26.8. The fraction of sp³-hybridized carbons (Fsp3) is 0.357. The van der Waals surface area contributed by atoms with Crippen LogP contribution in [0.5, 0.6) is 0 Å². The average molecular weight is 308 g/mol. The van der Waals surface area contributed by atoms with Gasteiger partial charge in [-0.2, -0.15) is 5.10 Å². The molecule has 1 heterocycles. The Kier molecular flexibility index (Phi) is 4.98. The standard InChI is InChI=1S/C14H20N4O2S/c1-3-7-15-11(2)12-5-4-6-13(8-12)18-21(19,20)14-9-16-17-10-14/h4-6,8-11,15,18H,3,7H2,1-2H3,(H,16,17). The third-order valence-corrected chi connectivity index (χ3v) is 4.47. The van der Waals surface area contributed by atoms with E-state index in [0.29, 0.717) is 5.69 Å². The van der Waals surface area contributed by atoms with Gasteiger partial charge < -0.3 is 5.32 Å². The molecule has 1 unspecified atom stereocenters. The van der Waals surface area contributed by atoms with E-state index < -0.39 is 10.0 Å². The predicted molar refractivity (Wildman–Crippen MR) is 82.5 cm³/mol. The second-order valence-electron chi connectivity index (χ2n) is 4.84. The summed E-state index contributed by atoms with van der Waals surface area (Å²) in [5, 5.41) is 9.52. The highest BCUT2D eigenvalue weighted by atomic mass is 32.2. The van der Waals surface area contributed by atoms with Crippen molar-refractivity contribution in [1.82, 2.24) is 15.5 Å². The molecule has 0 amide bonds. The summed E-state index contributed by atoms with van der Waals surface area (Å²) in [6.07, 6.45) is 3.67. The highest BCUT2D eigenvalue weighted by Gasteiger charge is 2.15. The van der Waals surface area contributed by atoms with Crippen LogP contribution >= 0.6 is 0 Å². The van der Waals surface area contributed by atoms with Crippen LogP contribution in [0.15, 0.2) is 41.6 Å². The number of rotatable bonds is 7. The summed E-state index contributed by atoms with van der Waals surface area (Å²) in [6, 6.07) is 7.55. The molecule has 1 aromatic carbocycles. The van der Waals surface area contributed by atoms with Crippen LogP contribution in [0.3, 0.4) is 0 Å². The zero-order valence-electron chi connectivity index (χ0n) is 12.1. The Morgan fingerprint density at radius 2 is 2.19 bits per heavy atom. The Labute approximate surface area is 125 Å². The predicted octanol–water partition coefficient (Wildman–Crippen LogP) is 2.27. The lowest BCUT2D eigenvalue weighted by atomic mass is 10.1. The highest BCUT2D eigenvalue weighted by molar-refractivity contribution is 7.92. The van der Waals surface area contributed by atoms with E-state index in [1.807, 2.05) is 18.2 Å². The van der Waals surface area contributed by atoms with E-state index in [4.69, 9.17) is 0 Å². The molecule has 0 aliphatic rings. The van der Waals surface area contributed by atoms with Crippen molar-refractivity contribution in [3.05, 3.63) is 42.2 Å². The zero-order chi connectivity index (χ0) is 15.3. The van der Waals surface area contributed by atoms with Crippen molar-refractivity contribution < 1.29 is 8.42 Å². The van der Waals surface area contributed by atoms with Crippen molar-refractivity contribution in [3.63, 3.8) is 0 Å².